The molecule has 0 bridgehead atoms. The molecule has 2 aromatic rings. The molecule has 31 heavy (non-hydrogen) atoms. The van der Waals surface area contributed by atoms with Crippen molar-refractivity contribution < 1.29 is 32.3 Å². The summed E-state index contributed by atoms with van der Waals surface area (Å²) in [6.45, 7) is 6.98. The summed E-state index contributed by atoms with van der Waals surface area (Å²) in [5, 5.41) is 2.67. The molecule has 8 nitrogen and oxygen atoms in total. The zero-order valence-electron chi connectivity index (χ0n) is 17.8. The van der Waals surface area contributed by atoms with Gasteiger partial charge >= 0.3 is 11.9 Å². The van der Waals surface area contributed by atoms with E-state index in [0.29, 0.717) is 5.56 Å². The van der Waals surface area contributed by atoms with E-state index in [1.807, 2.05) is 6.92 Å². The number of sulfone groups is 1. The van der Waals surface area contributed by atoms with E-state index < -0.39 is 33.4 Å². The maximum atomic E-state index is 12.5. The second kappa shape index (κ2) is 10.5. The number of aryl methyl sites for hydroxylation is 1. The van der Waals surface area contributed by atoms with Crippen LogP contribution in [-0.4, -0.2) is 45.2 Å². The van der Waals surface area contributed by atoms with Gasteiger partial charge in [-0.3, -0.25) is 4.79 Å². The highest BCUT2D eigenvalue weighted by atomic mass is 32.2. The zero-order chi connectivity index (χ0) is 23.2. The van der Waals surface area contributed by atoms with Crippen LogP contribution in [0, 0.1) is 13.8 Å². The standard InChI is InChI=1S/C21H25NO7S2/c1-5-28-20(24)17-14(4)18(21(25)29-6-2)30-19(17)22-16(23)11-12-31(26,27)15-9-7-13(3)8-10-15/h7-10H,5-6,11-12H2,1-4H3,(H,22,23). The highest BCUT2D eigenvalue weighted by molar-refractivity contribution is 7.91. The van der Waals surface area contributed by atoms with Crippen molar-refractivity contribution in [2.45, 2.75) is 39.0 Å². The molecule has 1 N–H and O–H groups in total. The number of benzene rings is 1. The number of rotatable bonds is 9. The van der Waals surface area contributed by atoms with Crippen LogP contribution in [0.1, 0.15) is 51.4 Å². The van der Waals surface area contributed by atoms with E-state index in [9.17, 15) is 22.8 Å². The van der Waals surface area contributed by atoms with Crippen LogP contribution in [0.25, 0.3) is 0 Å². The van der Waals surface area contributed by atoms with Gasteiger partial charge in [-0.25, -0.2) is 18.0 Å². The van der Waals surface area contributed by atoms with Crippen LogP contribution >= 0.6 is 11.3 Å². The van der Waals surface area contributed by atoms with Gasteiger partial charge in [0, 0.05) is 6.42 Å². The first-order valence-electron chi connectivity index (χ1n) is 9.67. The Bertz CT molecular complexity index is 1070. The maximum Gasteiger partial charge on any atom is 0.348 e. The second-order valence-corrected chi connectivity index (χ2v) is 9.76. The molecule has 1 heterocycles. The van der Waals surface area contributed by atoms with Crippen molar-refractivity contribution in [1.82, 2.24) is 0 Å². The Morgan fingerprint density at radius 2 is 1.55 bits per heavy atom. The monoisotopic (exact) mass is 467 g/mol. The van der Waals surface area contributed by atoms with Gasteiger partial charge in [0.05, 0.1) is 29.4 Å². The average molecular weight is 468 g/mol. The highest BCUT2D eigenvalue weighted by Crippen LogP contribution is 2.34. The topological polar surface area (TPSA) is 116 Å². The molecular formula is C21H25NO7S2. The van der Waals surface area contributed by atoms with Gasteiger partial charge in [-0.05, 0) is 45.4 Å². The molecule has 0 saturated heterocycles. The number of esters is 2. The van der Waals surface area contributed by atoms with E-state index in [-0.39, 0.29) is 40.0 Å². The van der Waals surface area contributed by atoms with Gasteiger partial charge in [0.15, 0.2) is 9.84 Å². The van der Waals surface area contributed by atoms with Crippen molar-refractivity contribution in [3.05, 3.63) is 45.8 Å². The Balaban J connectivity index is 2.21. The number of carbonyl (C=O) groups excluding carboxylic acids is 3. The van der Waals surface area contributed by atoms with Gasteiger partial charge in [0.2, 0.25) is 5.91 Å². The normalized spacial score (nSPS) is 11.1. The van der Waals surface area contributed by atoms with Crippen LogP contribution in [0.5, 0.6) is 0 Å². The van der Waals surface area contributed by atoms with Crippen molar-refractivity contribution in [2.24, 2.45) is 0 Å². The van der Waals surface area contributed by atoms with Crippen molar-refractivity contribution in [1.29, 1.82) is 0 Å². The maximum absolute atomic E-state index is 12.5. The second-order valence-electron chi connectivity index (χ2n) is 6.63. The summed E-state index contributed by atoms with van der Waals surface area (Å²) in [5.74, 6) is -2.30. The summed E-state index contributed by atoms with van der Waals surface area (Å²) in [6, 6.07) is 6.36. The Hall–Kier alpha value is -2.72. The van der Waals surface area contributed by atoms with E-state index in [4.69, 9.17) is 9.47 Å². The summed E-state index contributed by atoms with van der Waals surface area (Å²) >= 11 is 0.891. The van der Waals surface area contributed by atoms with Gasteiger partial charge in [-0.1, -0.05) is 17.7 Å². The van der Waals surface area contributed by atoms with Gasteiger partial charge in [0.1, 0.15) is 9.88 Å². The third-order valence-corrected chi connectivity index (χ3v) is 7.24. The molecule has 0 saturated carbocycles. The molecule has 10 heteroatoms. The predicted molar refractivity (Wildman–Crippen MR) is 117 cm³/mol. The van der Waals surface area contributed by atoms with Gasteiger partial charge < -0.3 is 14.8 Å². The van der Waals surface area contributed by atoms with Crippen LogP contribution in [0.2, 0.25) is 0 Å². The largest absolute Gasteiger partial charge is 0.462 e. The number of carbonyl (C=O) groups is 3. The molecule has 1 aromatic heterocycles. The lowest BCUT2D eigenvalue weighted by molar-refractivity contribution is -0.115. The van der Waals surface area contributed by atoms with Crippen LogP contribution in [0.15, 0.2) is 29.2 Å². The summed E-state index contributed by atoms with van der Waals surface area (Å²) in [5.41, 5.74) is 1.32. The molecular weight excluding hydrogens is 442 g/mol. The third-order valence-electron chi connectivity index (χ3n) is 4.32. The molecule has 1 aromatic carbocycles. The molecule has 0 spiro atoms. The van der Waals surface area contributed by atoms with E-state index in [1.54, 1.807) is 32.9 Å². The molecule has 0 radical (unpaired) electrons. The molecule has 0 aliphatic heterocycles. The lowest BCUT2D eigenvalue weighted by Crippen LogP contribution is -2.18. The quantitative estimate of drug-likeness (QED) is 0.561. The van der Waals surface area contributed by atoms with E-state index in [1.165, 1.54) is 12.1 Å². The molecule has 0 aliphatic carbocycles. The van der Waals surface area contributed by atoms with Crippen LogP contribution < -0.4 is 5.32 Å². The van der Waals surface area contributed by atoms with Crippen molar-refractivity contribution in [2.75, 3.05) is 24.3 Å². The van der Waals surface area contributed by atoms with E-state index in [0.717, 1.165) is 16.9 Å². The van der Waals surface area contributed by atoms with Crippen molar-refractivity contribution in [3.63, 3.8) is 0 Å². The Morgan fingerprint density at radius 1 is 0.968 bits per heavy atom. The minimum Gasteiger partial charge on any atom is -0.462 e. The minimum absolute atomic E-state index is 0.0599. The number of hydrogen-bond acceptors (Lipinski definition) is 8. The Labute approximate surface area is 185 Å². The molecule has 168 valence electrons. The molecule has 0 atom stereocenters. The minimum atomic E-state index is -3.65. The first kappa shape index (κ1) is 24.5. The predicted octanol–water partition coefficient (Wildman–Crippen LogP) is 3.52. The number of ether oxygens (including phenoxy) is 2. The molecule has 2 rings (SSSR count). The van der Waals surface area contributed by atoms with Crippen molar-refractivity contribution in [3.8, 4) is 0 Å². The third kappa shape index (κ3) is 6.14. The van der Waals surface area contributed by atoms with Gasteiger partial charge in [0.25, 0.3) is 0 Å². The smallest absolute Gasteiger partial charge is 0.348 e. The van der Waals surface area contributed by atoms with Gasteiger partial charge in [-0.15, -0.1) is 11.3 Å². The summed E-state index contributed by atoms with van der Waals surface area (Å²) < 4.78 is 35.0. The lowest BCUT2D eigenvalue weighted by atomic mass is 10.1. The van der Waals surface area contributed by atoms with Gasteiger partial charge in [-0.2, -0.15) is 0 Å². The van der Waals surface area contributed by atoms with Crippen LogP contribution in [0.4, 0.5) is 5.00 Å². The van der Waals surface area contributed by atoms with E-state index >= 15 is 0 Å². The SMILES string of the molecule is CCOC(=O)c1sc(NC(=O)CCS(=O)(=O)c2ccc(C)cc2)c(C(=O)OCC)c1C. The molecule has 0 unspecified atom stereocenters. The molecule has 0 aliphatic rings. The lowest BCUT2D eigenvalue weighted by Gasteiger charge is -2.08. The first-order chi connectivity index (χ1) is 14.6. The number of anilines is 1. The summed E-state index contributed by atoms with van der Waals surface area (Å²) in [6.07, 6.45) is -0.315. The fourth-order valence-corrected chi connectivity index (χ4v) is 5.07. The van der Waals surface area contributed by atoms with Crippen LogP contribution in [0.3, 0.4) is 0 Å². The number of thiophene rings is 1. The number of nitrogens with one attached hydrogen (secondary N) is 1. The average Bonchev–Trinajstić information content (AvgIpc) is 3.03. The number of hydrogen-bond donors (Lipinski definition) is 1. The van der Waals surface area contributed by atoms with Crippen LogP contribution in [-0.2, 0) is 24.1 Å². The fraction of sp³-hybridized carbons (Fsp3) is 0.381. The summed E-state index contributed by atoms with van der Waals surface area (Å²) in [4.78, 5) is 37.3. The highest BCUT2D eigenvalue weighted by Gasteiger charge is 2.27. The Morgan fingerprint density at radius 3 is 2.13 bits per heavy atom. The zero-order valence-corrected chi connectivity index (χ0v) is 19.4. The molecule has 1 amide bonds. The molecule has 0 fully saturated rings. The number of amides is 1. The summed E-state index contributed by atoms with van der Waals surface area (Å²) in [7, 11) is -3.65. The first-order valence-corrected chi connectivity index (χ1v) is 12.1. The van der Waals surface area contributed by atoms with E-state index in [2.05, 4.69) is 5.32 Å². The van der Waals surface area contributed by atoms with Crippen molar-refractivity contribution >= 4 is 44.0 Å². The fourth-order valence-electron chi connectivity index (χ4n) is 2.72. The Kier molecular flexibility index (Phi) is 8.35.